The molecule has 0 spiro atoms. The van der Waals surface area contributed by atoms with E-state index in [1.54, 1.807) is 12.0 Å². The lowest BCUT2D eigenvalue weighted by molar-refractivity contribution is 0.177. The Morgan fingerprint density at radius 1 is 1.54 bits per heavy atom. The highest BCUT2D eigenvalue weighted by molar-refractivity contribution is 5.91. The SMILES string of the molecule is CCN(CCOC)/C(N)=N/C(=N)N. The first-order valence-electron chi connectivity index (χ1n) is 4.03. The van der Waals surface area contributed by atoms with Gasteiger partial charge in [0.15, 0.2) is 5.96 Å². The molecule has 0 heterocycles. The molecule has 5 N–H and O–H groups in total. The van der Waals surface area contributed by atoms with Crippen molar-refractivity contribution in [3.63, 3.8) is 0 Å². The number of nitrogens with one attached hydrogen (secondary N) is 1. The topological polar surface area (TPSA) is 101 Å². The molecular formula is C7H17N5O. The number of hydrogen-bond donors (Lipinski definition) is 3. The quantitative estimate of drug-likeness (QED) is 0.394. The summed E-state index contributed by atoms with van der Waals surface area (Å²) < 4.78 is 4.89. The average Bonchev–Trinajstić information content (AvgIpc) is 2.04. The molecule has 0 rings (SSSR count). The van der Waals surface area contributed by atoms with Gasteiger partial charge in [0.1, 0.15) is 0 Å². The Hall–Kier alpha value is -1.30. The fourth-order valence-electron chi connectivity index (χ4n) is 0.830. The summed E-state index contributed by atoms with van der Waals surface area (Å²) in [6.07, 6.45) is 0. The molecule has 0 saturated heterocycles. The average molecular weight is 187 g/mol. The number of guanidine groups is 2. The van der Waals surface area contributed by atoms with E-state index in [0.29, 0.717) is 19.7 Å². The second-order valence-electron chi connectivity index (χ2n) is 2.43. The van der Waals surface area contributed by atoms with Gasteiger partial charge in [-0.3, -0.25) is 5.41 Å². The predicted molar refractivity (Wildman–Crippen MR) is 52.7 cm³/mol. The number of nitrogens with zero attached hydrogens (tertiary/aromatic N) is 2. The van der Waals surface area contributed by atoms with Crippen molar-refractivity contribution in [1.82, 2.24) is 4.90 Å². The molecule has 0 atom stereocenters. The summed E-state index contributed by atoms with van der Waals surface area (Å²) in [4.78, 5) is 5.41. The summed E-state index contributed by atoms with van der Waals surface area (Å²) in [5, 5.41) is 6.92. The number of nitrogens with two attached hydrogens (primary N) is 2. The third-order valence-electron chi connectivity index (χ3n) is 1.51. The Balaban J connectivity index is 4.13. The monoisotopic (exact) mass is 187 g/mol. The van der Waals surface area contributed by atoms with E-state index in [1.165, 1.54) is 0 Å². The van der Waals surface area contributed by atoms with Crippen LogP contribution < -0.4 is 11.5 Å². The van der Waals surface area contributed by atoms with Crippen LogP contribution in [0.2, 0.25) is 0 Å². The molecule has 6 nitrogen and oxygen atoms in total. The van der Waals surface area contributed by atoms with Gasteiger partial charge in [-0.15, -0.1) is 0 Å². The normalized spacial score (nSPS) is 11.4. The minimum atomic E-state index is -0.284. The molecule has 0 bridgehead atoms. The number of likely N-dealkylation sites (N-methyl/N-ethyl adjacent to an activating group) is 1. The lowest BCUT2D eigenvalue weighted by Gasteiger charge is -2.20. The molecule has 0 amide bonds. The Morgan fingerprint density at radius 2 is 2.15 bits per heavy atom. The van der Waals surface area contributed by atoms with E-state index in [2.05, 4.69) is 4.99 Å². The first-order valence-corrected chi connectivity index (χ1v) is 4.03. The van der Waals surface area contributed by atoms with Crippen molar-refractivity contribution in [3.8, 4) is 0 Å². The van der Waals surface area contributed by atoms with Crippen LogP contribution in [0, 0.1) is 5.41 Å². The van der Waals surface area contributed by atoms with Gasteiger partial charge in [0.05, 0.1) is 6.61 Å². The van der Waals surface area contributed by atoms with Crippen molar-refractivity contribution in [1.29, 1.82) is 5.41 Å². The largest absolute Gasteiger partial charge is 0.383 e. The van der Waals surface area contributed by atoms with Crippen LogP contribution >= 0.6 is 0 Å². The molecule has 0 saturated carbocycles. The van der Waals surface area contributed by atoms with Crippen LogP contribution in [0.25, 0.3) is 0 Å². The molecule has 0 radical (unpaired) electrons. The molecule has 13 heavy (non-hydrogen) atoms. The third kappa shape index (κ3) is 5.02. The maximum absolute atomic E-state index is 6.92. The molecule has 0 aromatic rings. The van der Waals surface area contributed by atoms with E-state index < -0.39 is 0 Å². The van der Waals surface area contributed by atoms with Crippen LogP contribution in [0.1, 0.15) is 6.92 Å². The lowest BCUT2D eigenvalue weighted by Crippen LogP contribution is -2.40. The first-order chi connectivity index (χ1) is 6.11. The molecule has 0 aliphatic carbocycles. The summed E-state index contributed by atoms with van der Waals surface area (Å²) in [6, 6.07) is 0. The summed E-state index contributed by atoms with van der Waals surface area (Å²) in [5.41, 5.74) is 10.6. The summed E-state index contributed by atoms with van der Waals surface area (Å²) in [6.45, 7) is 3.88. The zero-order chi connectivity index (χ0) is 10.3. The minimum Gasteiger partial charge on any atom is -0.383 e. The second kappa shape index (κ2) is 6.24. The van der Waals surface area contributed by atoms with E-state index in [9.17, 15) is 0 Å². The number of methoxy groups -OCH3 is 1. The maximum atomic E-state index is 6.92. The number of aliphatic imine (C=N–C) groups is 1. The van der Waals surface area contributed by atoms with E-state index in [1.807, 2.05) is 6.92 Å². The maximum Gasteiger partial charge on any atom is 0.215 e. The minimum absolute atomic E-state index is 0.257. The van der Waals surface area contributed by atoms with Crippen molar-refractivity contribution in [3.05, 3.63) is 0 Å². The van der Waals surface area contributed by atoms with Crippen LogP contribution in [-0.4, -0.2) is 43.6 Å². The molecule has 0 aliphatic heterocycles. The highest BCUT2D eigenvalue weighted by Gasteiger charge is 2.04. The Labute approximate surface area is 78.1 Å². The Morgan fingerprint density at radius 3 is 2.54 bits per heavy atom. The van der Waals surface area contributed by atoms with Gasteiger partial charge in [0.2, 0.25) is 5.96 Å². The van der Waals surface area contributed by atoms with E-state index in [4.69, 9.17) is 21.6 Å². The number of rotatable bonds is 4. The van der Waals surface area contributed by atoms with Crippen molar-refractivity contribution in [2.45, 2.75) is 6.92 Å². The van der Waals surface area contributed by atoms with Gasteiger partial charge in [-0.05, 0) is 6.92 Å². The second-order valence-corrected chi connectivity index (χ2v) is 2.43. The Bertz CT molecular complexity index is 191. The predicted octanol–water partition coefficient (Wildman–Crippen LogP) is -0.837. The van der Waals surface area contributed by atoms with E-state index in [0.717, 1.165) is 0 Å². The molecule has 0 aliphatic rings. The van der Waals surface area contributed by atoms with Crippen LogP contribution in [0.5, 0.6) is 0 Å². The van der Waals surface area contributed by atoms with Gasteiger partial charge in [-0.1, -0.05) is 0 Å². The van der Waals surface area contributed by atoms with Gasteiger partial charge in [0, 0.05) is 20.2 Å². The van der Waals surface area contributed by atoms with Crippen molar-refractivity contribution in [2.24, 2.45) is 16.5 Å². The molecule has 0 aromatic heterocycles. The number of ether oxygens (including phenoxy) is 1. The van der Waals surface area contributed by atoms with Gasteiger partial charge < -0.3 is 21.1 Å². The zero-order valence-electron chi connectivity index (χ0n) is 8.08. The molecule has 76 valence electrons. The fourth-order valence-corrected chi connectivity index (χ4v) is 0.830. The zero-order valence-corrected chi connectivity index (χ0v) is 8.08. The molecule has 0 aromatic carbocycles. The Kier molecular flexibility index (Phi) is 5.62. The third-order valence-corrected chi connectivity index (χ3v) is 1.51. The van der Waals surface area contributed by atoms with Crippen molar-refractivity contribution < 1.29 is 4.74 Å². The molecular weight excluding hydrogens is 170 g/mol. The van der Waals surface area contributed by atoms with Crippen molar-refractivity contribution in [2.75, 3.05) is 26.8 Å². The van der Waals surface area contributed by atoms with Gasteiger partial charge >= 0.3 is 0 Å². The summed E-state index contributed by atoms with van der Waals surface area (Å²) in [5.74, 6) is -0.0274. The first kappa shape index (κ1) is 11.7. The van der Waals surface area contributed by atoms with Crippen LogP contribution in [0.15, 0.2) is 4.99 Å². The highest BCUT2D eigenvalue weighted by Crippen LogP contribution is 1.87. The van der Waals surface area contributed by atoms with Gasteiger partial charge in [-0.25, -0.2) is 0 Å². The van der Waals surface area contributed by atoms with Crippen LogP contribution in [0.3, 0.4) is 0 Å². The summed E-state index contributed by atoms with van der Waals surface area (Å²) in [7, 11) is 1.62. The fraction of sp³-hybridized carbons (Fsp3) is 0.714. The number of hydrogen-bond acceptors (Lipinski definition) is 2. The molecule has 0 fully saturated rings. The van der Waals surface area contributed by atoms with E-state index in [-0.39, 0.29) is 11.9 Å². The highest BCUT2D eigenvalue weighted by atomic mass is 16.5. The summed E-state index contributed by atoms with van der Waals surface area (Å²) >= 11 is 0. The van der Waals surface area contributed by atoms with E-state index >= 15 is 0 Å². The van der Waals surface area contributed by atoms with Crippen LogP contribution in [-0.2, 0) is 4.74 Å². The van der Waals surface area contributed by atoms with Crippen molar-refractivity contribution >= 4 is 11.9 Å². The van der Waals surface area contributed by atoms with Gasteiger partial charge in [0.25, 0.3) is 0 Å². The molecule has 0 unspecified atom stereocenters. The smallest absolute Gasteiger partial charge is 0.215 e. The van der Waals surface area contributed by atoms with Crippen LogP contribution in [0.4, 0.5) is 0 Å². The molecule has 6 heteroatoms. The lowest BCUT2D eigenvalue weighted by atomic mass is 10.5. The standard InChI is InChI=1S/C7H17N5O/c1-3-12(4-5-13-2)7(10)11-6(8)9/h3-5H2,1-2H3,(H5,8,9,10,11). The van der Waals surface area contributed by atoms with Gasteiger partial charge in [-0.2, -0.15) is 4.99 Å².